The lowest BCUT2D eigenvalue weighted by molar-refractivity contribution is 0.0903. The van der Waals surface area contributed by atoms with Gasteiger partial charge in [0.1, 0.15) is 5.65 Å². The quantitative estimate of drug-likeness (QED) is 0.374. The third kappa shape index (κ3) is 5.54. The molecule has 0 saturated carbocycles. The van der Waals surface area contributed by atoms with Gasteiger partial charge in [0.2, 0.25) is 17.7 Å². The number of hydrogen-bond acceptors (Lipinski definition) is 9. The number of ether oxygens (including phenoxy) is 1. The largest absolute Gasteiger partial charge is 0.381 e. The van der Waals surface area contributed by atoms with Gasteiger partial charge in [-0.15, -0.1) is 0 Å². The van der Waals surface area contributed by atoms with Crippen LogP contribution in [-0.2, 0) is 11.3 Å². The molecule has 2 aliphatic heterocycles. The maximum Gasteiger partial charge on any atom is 0.260 e. The normalized spacial score (nSPS) is 19.0. The average Bonchev–Trinajstić information content (AvgIpc) is 3.37. The lowest BCUT2D eigenvalue weighted by Crippen LogP contribution is -2.36. The van der Waals surface area contributed by atoms with E-state index in [1.165, 1.54) is 0 Å². The summed E-state index contributed by atoms with van der Waals surface area (Å²) in [6, 6.07) is 7.56. The van der Waals surface area contributed by atoms with Gasteiger partial charge < -0.3 is 19.5 Å². The van der Waals surface area contributed by atoms with Crippen molar-refractivity contribution in [3.8, 4) is 22.5 Å². The minimum absolute atomic E-state index is 0.114. The number of piperidine rings is 1. The van der Waals surface area contributed by atoms with E-state index < -0.39 is 0 Å². The number of halogens is 1. The van der Waals surface area contributed by atoms with Crippen molar-refractivity contribution in [3.05, 3.63) is 51.7 Å². The fourth-order valence-corrected chi connectivity index (χ4v) is 5.87. The van der Waals surface area contributed by atoms with Crippen molar-refractivity contribution in [2.24, 2.45) is 5.92 Å². The molecule has 5 heterocycles. The Morgan fingerprint density at radius 3 is 2.72 bits per heavy atom. The summed E-state index contributed by atoms with van der Waals surface area (Å²) in [6.07, 6.45) is 5.78. The van der Waals surface area contributed by atoms with Crippen LogP contribution in [0.25, 0.3) is 33.5 Å². The predicted octanol–water partition coefficient (Wildman–Crippen LogP) is 4.40. The molecule has 3 aromatic heterocycles. The zero-order valence-corrected chi connectivity index (χ0v) is 22.9. The minimum Gasteiger partial charge on any atom is -0.381 e. The Morgan fingerprint density at radius 1 is 1.13 bits per heavy atom. The van der Waals surface area contributed by atoms with Gasteiger partial charge in [0.25, 0.3) is 5.56 Å². The van der Waals surface area contributed by atoms with Crippen molar-refractivity contribution >= 4 is 28.6 Å². The van der Waals surface area contributed by atoms with E-state index in [0.29, 0.717) is 51.9 Å². The Balaban J connectivity index is 1.42. The molecule has 1 unspecified atom stereocenters. The van der Waals surface area contributed by atoms with Crippen LogP contribution < -0.4 is 10.9 Å². The first-order chi connectivity index (χ1) is 18.9. The van der Waals surface area contributed by atoms with Gasteiger partial charge in [-0.1, -0.05) is 28.9 Å². The van der Waals surface area contributed by atoms with E-state index in [9.17, 15) is 4.79 Å². The van der Waals surface area contributed by atoms with Gasteiger partial charge >= 0.3 is 0 Å². The lowest BCUT2D eigenvalue weighted by atomic mass is 9.97. The first kappa shape index (κ1) is 25.9. The molecule has 11 heteroatoms. The molecule has 0 amide bonds. The Morgan fingerprint density at radius 2 is 1.97 bits per heavy atom. The second-order valence-electron chi connectivity index (χ2n) is 10.6. The molecule has 0 radical (unpaired) electrons. The monoisotopic (exact) mass is 549 g/mol. The molecule has 204 valence electrons. The average molecular weight is 550 g/mol. The fraction of sp³-hybridized carbons (Fsp3) is 0.464. The maximum absolute atomic E-state index is 14.1. The zero-order chi connectivity index (χ0) is 26.9. The van der Waals surface area contributed by atoms with Crippen LogP contribution in [0.2, 0.25) is 5.02 Å². The van der Waals surface area contributed by atoms with E-state index in [1.54, 1.807) is 19.2 Å². The summed E-state index contributed by atoms with van der Waals surface area (Å²) in [7, 11) is 2.13. The molecule has 1 aromatic carbocycles. The van der Waals surface area contributed by atoms with E-state index in [2.05, 4.69) is 32.4 Å². The van der Waals surface area contributed by atoms with Crippen LogP contribution in [0.15, 0.2) is 39.8 Å². The summed E-state index contributed by atoms with van der Waals surface area (Å²) in [6.45, 7) is 5.78. The van der Waals surface area contributed by atoms with Crippen LogP contribution >= 0.6 is 11.6 Å². The highest BCUT2D eigenvalue weighted by Crippen LogP contribution is 2.32. The number of nitrogens with one attached hydrogen (secondary N) is 1. The second-order valence-corrected chi connectivity index (χ2v) is 11.0. The van der Waals surface area contributed by atoms with Crippen LogP contribution in [-0.4, -0.2) is 69.0 Å². The topological polar surface area (TPSA) is 111 Å². The van der Waals surface area contributed by atoms with Gasteiger partial charge in [-0.3, -0.25) is 9.36 Å². The molecule has 10 nitrogen and oxygen atoms in total. The summed E-state index contributed by atoms with van der Waals surface area (Å²) >= 11 is 6.75. The van der Waals surface area contributed by atoms with Crippen molar-refractivity contribution in [1.82, 2.24) is 29.6 Å². The molecule has 2 aliphatic rings. The number of fused-ring (bicyclic) bond motifs is 1. The molecule has 39 heavy (non-hydrogen) atoms. The molecular formula is C28H32ClN7O3. The molecule has 2 fully saturated rings. The standard InChI is InChI=1S/C28H32ClN7O3/c1-17-31-25(34-39-17)19-5-6-22(24(29)13-19)23-12-20-14-30-28(32-21-7-10-38-11-8-21)33-26(20)36(27(23)37)16-18-4-3-9-35(2)15-18/h5-6,12-14,18,21H,3-4,7-11,15-16H2,1-2H3,(H,30,32,33). The molecule has 1 atom stereocenters. The summed E-state index contributed by atoms with van der Waals surface area (Å²) in [5, 5.41) is 8.65. The third-order valence-corrected chi connectivity index (χ3v) is 7.90. The highest BCUT2D eigenvalue weighted by molar-refractivity contribution is 6.33. The number of nitrogens with zero attached hydrogens (tertiary/aromatic N) is 6. The third-order valence-electron chi connectivity index (χ3n) is 7.59. The van der Waals surface area contributed by atoms with Crippen molar-refractivity contribution in [2.75, 3.05) is 38.7 Å². The van der Waals surface area contributed by atoms with Gasteiger partial charge in [-0.25, -0.2) is 4.98 Å². The Labute approximate surface area is 231 Å². The molecular weight excluding hydrogens is 518 g/mol. The molecule has 0 spiro atoms. The van der Waals surface area contributed by atoms with Gasteiger partial charge in [-0.05, 0) is 57.3 Å². The number of pyridine rings is 1. The van der Waals surface area contributed by atoms with Crippen LogP contribution in [0.1, 0.15) is 31.6 Å². The van der Waals surface area contributed by atoms with Crippen molar-refractivity contribution in [3.63, 3.8) is 0 Å². The summed E-state index contributed by atoms with van der Waals surface area (Å²) in [5.41, 5.74) is 2.40. The Kier molecular flexibility index (Phi) is 7.33. The number of benzene rings is 1. The molecule has 0 bridgehead atoms. The fourth-order valence-electron chi connectivity index (χ4n) is 5.58. The Hall–Kier alpha value is -3.34. The highest BCUT2D eigenvalue weighted by atomic mass is 35.5. The van der Waals surface area contributed by atoms with Crippen molar-refractivity contribution in [2.45, 2.75) is 45.2 Å². The zero-order valence-electron chi connectivity index (χ0n) is 22.2. The first-order valence-corrected chi connectivity index (χ1v) is 13.9. The van der Waals surface area contributed by atoms with E-state index in [4.69, 9.17) is 25.8 Å². The van der Waals surface area contributed by atoms with Gasteiger partial charge in [0, 0.05) is 72.6 Å². The van der Waals surface area contributed by atoms with Crippen LogP contribution in [0, 0.1) is 12.8 Å². The van der Waals surface area contributed by atoms with Gasteiger partial charge in [-0.2, -0.15) is 9.97 Å². The highest BCUT2D eigenvalue weighted by Gasteiger charge is 2.23. The van der Waals surface area contributed by atoms with E-state index in [-0.39, 0.29) is 11.6 Å². The number of hydrogen-bond donors (Lipinski definition) is 1. The van der Waals surface area contributed by atoms with Crippen molar-refractivity contribution in [1.29, 1.82) is 0 Å². The number of aromatic nitrogens is 5. The number of anilines is 1. The summed E-state index contributed by atoms with van der Waals surface area (Å²) in [5.74, 6) is 1.81. The number of rotatable bonds is 6. The molecule has 1 N–H and O–H groups in total. The van der Waals surface area contributed by atoms with E-state index >= 15 is 0 Å². The van der Waals surface area contributed by atoms with Gasteiger partial charge in [0.05, 0.1) is 0 Å². The van der Waals surface area contributed by atoms with Crippen molar-refractivity contribution < 1.29 is 9.26 Å². The van der Waals surface area contributed by atoms with Crippen LogP contribution in [0.5, 0.6) is 0 Å². The van der Waals surface area contributed by atoms with Crippen LogP contribution in [0.4, 0.5) is 5.95 Å². The molecule has 0 aliphatic carbocycles. The van der Waals surface area contributed by atoms with Crippen LogP contribution in [0.3, 0.4) is 0 Å². The molecule has 4 aromatic rings. The number of likely N-dealkylation sites (tertiary alicyclic amines) is 1. The number of aryl methyl sites for hydroxylation is 1. The summed E-state index contributed by atoms with van der Waals surface area (Å²) in [4.78, 5) is 30.2. The van der Waals surface area contributed by atoms with E-state index in [1.807, 2.05) is 22.8 Å². The van der Waals surface area contributed by atoms with Gasteiger partial charge in [0.15, 0.2) is 0 Å². The lowest BCUT2D eigenvalue weighted by Gasteiger charge is -2.30. The summed E-state index contributed by atoms with van der Waals surface area (Å²) < 4.78 is 12.4. The maximum atomic E-state index is 14.1. The first-order valence-electron chi connectivity index (χ1n) is 13.5. The SMILES string of the molecule is Cc1nc(-c2ccc(-c3cc4cnc(NC5CCOCC5)nc4n(CC4CCCN(C)C4)c3=O)c(Cl)c2)no1. The predicted molar refractivity (Wildman–Crippen MR) is 150 cm³/mol. The molecule has 2 saturated heterocycles. The molecule has 6 rings (SSSR count). The minimum atomic E-state index is -0.114. The van der Waals surface area contributed by atoms with E-state index in [0.717, 1.165) is 62.9 Å². The second kappa shape index (κ2) is 11.0. The Bertz CT molecular complexity index is 1550. The smallest absolute Gasteiger partial charge is 0.260 e.